The van der Waals surface area contributed by atoms with Crippen molar-refractivity contribution in [2.45, 2.75) is 32.2 Å². The number of hydrogen-bond acceptors (Lipinski definition) is 2. The number of nitrogens with one attached hydrogen (secondary N) is 1. The largest absolute Gasteiger partial charge is 0.370 e. The maximum atomic E-state index is 12.9. The average molecular weight is 236 g/mol. The minimum absolute atomic E-state index is 0.166. The fourth-order valence-corrected chi connectivity index (χ4v) is 2.41. The summed E-state index contributed by atoms with van der Waals surface area (Å²) in [5.74, 6) is -0.166. The van der Waals surface area contributed by atoms with Gasteiger partial charge in [0.1, 0.15) is 5.82 Å². The zero-order chi connectivity index (χ0) is 12.1. The normalized spacial score (nSPS) is 20.2. The van der Waals surface area contributed by atoms with Crippen molar-refractivity contribution in [1.82, 2.24) is 5.32 Å². The molecule has 1 unspecified atom stereocenters. The van der Waals surface area contributed by atoms with Gasteiger partial charge in [-0.3, -0.25) is 0 Å². The molecule has 0 amide bonds. The lowest BCUT2D eigenvalue weighted by Gasteiger charge is -2.31. The highest BCUT2D eigenvalue weighted by Gasteiger charge is 2.15. The van der Waals surface area contributed by atoms with Crippen LogP contribution >= 0.6 is 0 Å². The molecule has 0 aromatic heterocycles. The number of piperidine rings is 1. The summed E-state index contributed by atoms with van der Waals surface area (Å²) in [4.78, 5) is 2.31. The number of halogens is 1. The van der Waals surface area contributed by atoms with E-state index in [1.54, 1.807) is 0 Å². The van der Waals surface area contributed by atoms with Crippen molar-refractivity contribution in [2.75, 3.05) is 24.5 Å². The van der Waals surface area contributed by atoms with Gasteiger partial charge < -0.3 is 10.2 Å². The lowest BCUT2D eigenvalue weighted by molar-refractivity contribution is 0.400. The fourth-order valence-electron chi connectivity index (χ4n) is 2.41. The molecule has 2 rings (SSSR count). The van der Waals surface area contributed by atoms with Gasteiger partial charge >= 0.3 is 0 Å². The molecule has 0 bridgehead atoms. The van der Waals surface area contributed by atoms with E-state index in [-0.39, 0.29) is 5.82 Å². The van der Waals surface area contributed by atoms with Crippen LogP contribution in [0.25, 0.3) is 0 Å². The van der Waals surface area contributed by atoms with Crippen LogP contribution in [0.4, 0.5) is 10.1 Å². The molecular weight excluding hydrogens is 215 g/mol. The third kappa shape index (κ3) is 3.43. The summed E-state index contributed by atoms with van der Waals surface area (Å²) in [6.07, 6.45) is 3.86. The third-order valence-electron chi connectivity index (χ3n) is 3.43. The quantitative estimate of drug-likeness (QED) is 0.864. The van der Waals surface area contributed by atoms with Crippen LogP contribution in [0.3, 0.4) is 0 Å². The smallest absolute Gasteiger partial charge is 0.123 e. The molecule has 0 spiro atoms. The number of rotatable bonds is 4. The van der Waals surface area contributed by atoms with Crippen molar-refractivity contribution < 1.29 is 4.39 Å². The Balaban J connectivity index is 1.97. The Bertz CT molecular complexity index is 331. The highest BCUT2D eigenvalue weighted by atomic mass is 19.1. The van der Waals surface area contributed by atoms with Gasteiger partial charge in [-0.05, 0) is 50.6 Å². The first-order valence-corrected chi connectivity index (χ1v) is 6.53. The highest BCUT2D eigenvalue weighted by Crippen LogP contribution is 2.17. The molecule has 1 atom stereocenters. The van der Waals surface area contributed by atoms with E-state index in [0.29, 0.717) is 6.04 Å². The van der Waals surface area contributed by atoms with Crippen molar-refractivity contribution >= 4 is 5.69 Å². The monoisotopic (exact) mass is 236 g/mol. The Morgan fingerprint density at radius 2 is 2.06 bits per heavy atom. The van der Waals surface area contributed by atoms with Crippen molar-refractivity contribution in [2.24, 2.45) is 0 Å². The van der Waals surface area contributed by atoms with Crippen LogP contribution in [-0.2, 0) is 0 Å². The van der Waals surface area contributed by atoms with E-state index in [2.05, 4.69) is 17.1 Å². The van der Waals surface area contributed by atoms with E-state index in [1.807, 2.05) is 12.1 Å². The zero-order valence-corrected chi connectivity index (χ0v) is 10.5. The molecule has 1 aromatic carbocycles. The van der Waals surface area contributed by atoms with E-state index in [4.69, 9.17) is 0 Å². The molecule has 0 aliphatic carbocycles. The summed E-state index contributed by atoms with van der Waals surface area (Å²) in [5, 5.41) is 3.55. The van der Waals surface area contributed by atoms with Gasteiger partial charge in [0.25, 0.3) is 0 Å². The Labute approximate surface area is 103 Å². The predicted octanol–water partition coefficient (Wildman–Crippen LogP) is 2.79. The minimum Gasteiger partial charge on any atom is -0.370 e. The Morgan fingerprint density at radius 3 is 2.65 bits per heavy atom. The molecule has 94 valence electrons. The van der Waals surface area contributed by atoms with Gasteiger partial charge in [0.15, 0.2) is 0 Å². The fraction of sp³-hybridized carbons (Fsp3) is 0.571. The second-order valence-corrected chi connectivity index (χ2v) is 4.66. The minimum atomic E-state index is -0.166. The zero-order valence-electron chi connectivity index (χ0n) is 10.5. The molecule has 0 saturated carbocycles. The summed E-state index contributed by atoms with van der Waals surface area (Å²) >= 11 is 0. The molecule has 0 radical (unpaired) electrons. The molecular formula is C14H21FN2. The SMILES string of the molecule is CCN(CC1CCCCN1)c1ccc(F)cc1. The van der Waals surface area contributed by atoms with Crippen molar-refractivity contribution in [3.8, 4) is 0 Å². The predicted molar refractivity (Wildman–Crippen MR) is 69.9 cm³/mol. The summed E-state index contributed by atoms with van der Waals surface area (Å²) in [5.41, 5.74) is 1.11. The van der Waals surface area contributed by atoms with Crippen LogP contribution in [0, 0.1) is 5.82 Å². The Hall–Kier alpha value is -1.09. The van der Waals surface area contributed by atoms with Gasteiger partial charge in [0.05, 0.1) is 0 Å². The van der Waals surface area contributed by atoms with Crippen LogP contribution < -0.4 is 10.2 Å². The van der Waals surface area contributed by atoms with Gasteiger partial charge in [-0.2, -0.15) is 0 Å². The first-order chi connectivity index (χ1) is 8.29. The maximum absolute atomic E-state index is 12.9. The number of likely N-dealkylation sites (N-methyl/N-ethyl adjacent to an activating group) is 1. The highest BCUT2D eigenvalue weighted by molar-refractivity contribution is 5.46. The number of nitrogens with zero attached hydrogens (tertiary/aromatic N) is 1. The molecule has 1 N–H and O–H groups in total. The van der Waals surface area contributed by atoms with E-state index >= 15 is 0 Å². The van der Waals surface area contributed by atoms with Crippen molar-refractivity contribution in [3.05, 3.63) is 30.1 Å². The summed E-state index contributed by atoms with van der Waals surface area (Å²) < 4.78 is 12.9. The Morgan fingerprint density at radius 1 is 1.29 bits per heavy atom. The maximum Gasteiger partial charge on any atom is 0.123 e. The number of anilines is 1. The van der Waals surface area contributed by atoms with Crippen molar-refractivity contribution in [1.29, 1.82) is 0 Å². The molecule has 1 aliphatic heterocycles. The molecule has 1 saturated heterocycles. The lowest BCUT2D eigenvalue weighted by Crippen LogP contribution is -2.43. The first-order valence-electron chi connectivity index (χ1n) is 6.53. The van der Waals surface area contributed by atoms with Crippen LogP contribution in [0.5, 0.6) is 0 Å². The van der Waals surface area contributed by atoms with Gasteiger partial charge in [-0.15, -0.1) is 0 Å². The molecule has 1 heterocycles. The second-order valence-electron chi connectivity index (χ2n) is 4.66. The van der Waals surface area contributed by atoms with Gasteiger partial charge in [0, 0.05) is 24.8 Å². The topological polar surface area (TPSA) is 15.3 Å². The second kappa shape index (κ2) is 6.01. The van der Waals surface area contributed by atoms with Crippen LogP contribution in [0.1, 0.15) is 26.2 Å². The van der Waals surface area contributed by atoms with E-state index in [9.17, 15) is 4.39 Å². The van der Waals surface area contributed by atoms with E-state index < -0.39 is 0 Å². The molecule has 2 nitrogen and oxygen atoms in total. The van der Waals surface area contributed by atoms with Crippen LogP contribution in [-0.4, -0.2) is 25.7 Å². The van der Waals surface area contributed by atoms with E-state index in [1.165, 1.54) is 31.4 Å². The summed E-state index contributed by atoms with van der Waals surface area (Å²) in [6.45, 7) is 5.25. The summed E-state index contributed by atoms with van der Waals surface area (Å²) in [6, 6.07) is 7.37. The molecule has 17 heavy (non-hydrogen) atoms. The third-order valence-corrected chi connectivity index (χ3v) is 3.43. The van der Waals surface area contributed by atoms with E-state index in [0.717, 1.165) is 25.3 Å². The molecule has 1 aliphatic rings. The van der Waals surface area contributed by atoms with Gasteiger partial charge in [0.2, 0.25) is 0 Å². The standard InChI is InChI=1S/C14H21FN2/c1-2-17(11-13-5-3-4-10-16-13)14-8-6-12(15)7-9-14/h6-9,13,16H,2-5,10-11H2,1H3. The molecule has 3 heteroatoms. The number of hydrogen-bond donors (Lipinski definition) is 1. The first kappa shape index (κ1) is 12.4. The van der Waals surface area contributed by atoms with Crippen LogP contribution in [0.2, 0.25) is 0 Å². The van der Waals surface area contributed by atoms with Gasteiger partial charge in [-0.1, -0.05) is 6.42 Å². The average Bonchev–Trinajstić information content (AvgIpc) is 2.38. The number of benzene rings is 1. The molecule has 1 fully saturated rings. The Kier molecular flexibility index (Phi) is 4.37. The summed E-state index contributed by atoms with van der Waals surface area (Å²) in [7, 11) is 0. The van der Waals surface area contributed by atoms with Crippen molar-refractivity contribution in [3.63, 3.8) is 0 Å². The van der Waals surface area contributed by atoms with Crippen LogP contribution in [0.15, 0.2) is 24.3 Å². The molecule has 1 aromatic rings. The lowest BCUT2D eigenvalue weighted by atomic mass is 10.0. The van der Waals surface area contributed by atoms with Gasteiger partial charge in [-0.25, -0.2) is 4.39 Å².